The quantitative estimate of drug-likeness (QED) is 0.230. The van der Waals surface area contributed by atoms with Crippen molar-refractivity contribution in [2.45, 2.75) is 32.6 Å². The minimum absolute atomic E-state index is 0. The van der Waals surface area contributed by atoms with Crippen LogP contribution in [0.15, 0.2) is 29.3 Å². The second kappa shape index (κ2) is 11.8. The van der Waals surface area contributed by atoms with E-state index < -0.39 is 10.0 Å². The summed E-state index contributed by atoms with van der Waals surface area (Å²) in [6, 6.07) is 6.60. The molecule has 1 aromatic carbocycles. The van der Waals surface area contributed by atoms with Gasteiger partial charge in [0.15, 0.2) is 5.96 Å². The molecule has 0 aliphatic rings. The van der Waals surface area contributed by atoms with Gasteiger partial charge in [-0.3, -0.25) is 4.99 Å². The molecular weight excluding hydrogens is 482 g/mol. The maximum absolute atomic E-state index is 13.4. The van der Waals surface area contributed by atoms with Crippen LogP contribution in [0.25, 0.3) is 0 Å². The predicted molar refractivity (Wildman–Crippen MR) is 121 cm³/mol. The highest BCUT2D eigenvalue weighted by Crippen LogP contribution is 2.22. The molecule has 6 nitrogen and oxygen atoms in total. The molecule has 2 N–H and O–H groups in total. The van der Waals surface area contributed by atoms with Crippen molar-refractivity contribution in [1.29, 1.82) is 0 Å². The van der Waals surface area contributed by atoms with Crippen LogP contribution in [0.4, 0.5) is 4.39 Å². The van der Waals surface area contributed by atoms with Crippen LogP contribution >= 0.6 is 24.0 Å². The highest BCUT2D eigenvalue weighted by molar-refractivity contribution is 14.0. The van der Waals surface area contributed by atoms with Crippen molar-refractivity contribution in [2.75, 3.05) is 39.5 Å². The molecule has 0 aliphatic carbocycles. The number of aliphatic imine (C=N–C) groups is 1. The van der Waals surface area contributed by atoms with Crippen molar-refractivity contribution in [3.05, 3.63) is 35.6 Å². The average Bonchev–Trinajstić information content (AvgIpc) is 2.56. The van der Waals surface area contributed by atoms with Gasteiger partial charge in [0.05, 0.1) is 6.26 Å². The molecule has 0 saturated carbocycles. The molecule has 27 heavy (non-hydrogen) atoms. The van der Waals surface area contributed by atoms with Crippen LogP contribution in [0, 0.1) is 5.82 Å². The molecule has 0 amide bonds. The van der Waals surface area contributed by atoms with E-state index >= 15 is 0 Å². The van der Waals surface area contributed by atoms with Gasteiger partial charge in [-0.25, -0.2) is 17.1 Å². The Balaban J connectivity index is 0.00000676. The summed E-state index contributed by atoms with van der Waals surface area (Å²) >= 11 is 0. The van der Waals surface area contributed by atoms with E-state index in [9.17, 15) is 12.8 Å². The number of hydrogen-bond acceptors (Lipinski definition) is 3. The first-order valence-corrected chi connectivity index (χ1v) is 10.6. The van der Waals surface area contributed by atoms with Gasteiger partial charge in [0.2, 0.25) is 10.0 Å². The van der Waals surface area contributed by atoms with Crippen LogP contribution in [0.1, 0.15) is 32.8 Å². The van der Waals surface area contributed by atoms with Crippen LogP contribution in [0.2, 0.25) is 0 Å². The van der Waals surface area contributed by atoms with Crippen molar-refractivity contribution < 1.29 is 12.8 Å². The number of nitrogens with zero attached hydrogens (tertiary/aromatic N) is 2. The number of hydrogen-bond donors (Lipinski definition) is 2. The first-order chi connectivity index (χ1) is 12.1. The molecule has 156 valence electrons. The molecular formula is C18H32FIN4O2S. The van der Waals surface area contributed by atoms with Gasteiger partial charge in [-0.05, 0) is 24.1 Å². The fraction of sp³-hybridized carbons (Fsp3) is 0.611. The zero-order valence-corrected chi connectivity index (χ0v) is 19.9. The van der Waals surface area contributed by atoms with Crippen molar-refractivity contribution in [2.24, 2.45) is 4.99 Å². The second-order valence-corrected chi connectivity index (χ2v) is 8.84. The summed E-state index contributed by atoms with van der Waals surface area (Å²) in [5, 5.41) is 6.42. The molecule has 0 aliphatic heterocycles. The van der Waals surface area contributed by atoms with Gasteiger partial charge in [0, 0.05) is 38.6 Å². The Bertz CT molecular complexity index is 711. The van der Waals surface area contributed by atoms with Crippen molar-refractivity contribution >= 4 is 40.0 Å². The lowest BCUT2D eigenvalue weighted by Gasteiger charge is -2.27. The van der Waals surface area contributed by atoms with Crippen molar-refractivity contribution in [3.8, 4) is 0 Å². The molecule has 0 bridgehead atoms. The van der Waals surface area contributed by atoms with E-state index in [1.165, 1.54) is 16.6 Å². The Morgan fingerprint density at radius 3 is 2.48 bits per heavy atom. The lowest BCUT2D eigenvalue weighted by molar-refractivity contribution is 0.423. The van der Waals surface area contributed by atoms with E-state index in [4.69, 9.17) is 0 Å². The smallest absolute Gasteiger partial charge is 0.211 e. The third-order valence-corrected chi connectivity index (χ3v) is 5.60. The number of rotatable bonds is 9. The minimum atomic E-state index is -3.16. The second-order valence-electron chi connectivity index (χ2n) is 6.85. The maximum Gasteiger partial charge on any atom is 0.211 e. The fourth-order valence-electron chi connectivity index (χ4n) is 2.56. The third kappa shape index (κ3) is 9.20. The maximum atomic E-state index is 13.4. The lowest BCUT2D eigenvalue weighted by Crippen LogP contribution is -2.44. The standard InChI is InChI=1S/C18H31FN4O2S.HI/c1-6-23(26(5,24)25)12-8-11-21-17(20-4)22-14-18(2,3)15-9-7-10-16(19)13-15;/h7,9-10,13H,6,8,11-12,14H2,1-5H3,(H2,20,21,22);1H. The SMILES string of the molecule is CCN(CCCNC(=NC)NCC(C)(C)c1cccc(F)c1)S(C)(=O)=O.I. The summed E-state index contributed by atoms with van der Waals surface area (Å²) in [5.41, 5.74) is 0.641. The molecule has 0 atom stereocenters. The first kappa shape index (κ1) is 26.1. The van der Waals surface area contributed by atoms with E-state index in [0.29, 0.717) is 38.6 Å². The van der Waals surface area contributed by atoms with Gasteiger partial charge in [-0.1, -0.05) is 32.9 Å². The highest BCUT2D eigenvalue weighted by atomic mass is 127. The zero-order valence-electron chi connectivity index (χ0n) is 16.8. The van der Waals surface area contributed by atoms with E-state index in [0.717, 1.165) is 5.56 Å². The molecule has 0 unspecified atom stereocenters. The van der Waals surface area contributed by atoms with E-state index in [1.54, 1.807) is 19.2 Å². The normalized spacial score (nSPS) is 12.6. The molecule has 0 fully saturated rings. The first-order valence-electron chi connectivity index (χ1n) is 8.76. The number of benzene rings is 1. The Kier molecular flexibility index (Phi) is 11.4. The van der Waals surface area contributed by atoms with Crippen LogP contribution in [-0.4, -0.2) is 58.2 Å². The largest absolute Gasteiger partial charge is 0.356 e. The number of guanidine groups is 1. The summed E-state index contributed by atoms with van der Waals surface area (Å²) in [4.78, 5) is 4.18. The summed E-state index contributed by atoms with van der Waals surface area (Å²) in [6.45, 7) is 8.01. The van der Waals surface area contributed by atoms with Gasteiger partial charge in [-0.15, -0.1) is 24.0 Å². The number of sulfonamides is 1. The van der Waals surface area contributed by atoms with Crippen LogP contribution in [0.5, 0.6) is 0 Å². The van der Waals surface area contributed by atoms with Gasteiger partial charge >= 0.3 is 0 Å². The summed E-state index contributed by atoms with van der Waals surface area (Å²) < 4.78 is 38.0. The van der Waals surface area contributed by atoms with Gasteiger partial charge < -0.3 is 10.6 Å². The summed E-state index contributed by atoms with van der Waals surface area (Å²) in [5.74, 6) is 0.390. The molecule has 0 saturated heterocycles. The highest BCUT2D eigenvalue weighted by Gasteiger charge is 2.21. The van der Waals surface area contributed by atoms with Gasteiger partial charge in [-0.2, -0.15) is 0 Å². The Morgan fingerprint density at radius 1 is 1.30 bits per heavy atom. The van der Waals surface area contributed by atoms with Crippen LogP contribution in [-0.2, 0) is 15.4 Å². The molecule has 0 aromatic heterocycles. The molecule has 9 heteroatoms. The van der Waals surface area contributed by atoms with E-state index in [2.05, 4.69) is 15.6 Å². The Hall–Kier alpha value is -0.940. The van der Waals surface area contributed by atoms with Crippen LogP contribution in [0.3, 0.4) is 0 Å². The Morgan fingerprint density at radius 2 is 1.96 bits per heavy atom. The van der Waals surface area contributed by atoms with Gasteiger partial charge in [0.25, 0.3) is 0 Å². The molecule has 0 spiro atoms. The lowest BCUT2D eigenvalue weighted by atomic mass is 9.84. The average molecular weight is 514 g/mol. The van der Waals surface area contributed by atoms with Crippen molar-refractivity contribution in [3.63, 3.8) is 0 Å². The van der Waals surface area contributed by atoms with E-state index in [-0.39, 0.29) is 35.2 Å². The molecule has 0 heterocycles. The Labute approximate surface area is 180 Å². The van der Waals surface area contributed by atoms with Gasteiger partial charge in [0.1, 0.15) is 5.82 Å². The number of nitrogens with one attached hydrogen (secondary N) is 2. The predicted octanol–water partition coefficient (Wildman–Crippen LogP) is 2.56. The summed E-state index contributed by atoms with van der Waals surface area (Å²) in [6.07, 6.45) is 1.90. The summed E-state index contributed by atoms with van der Waals surface area (Å²) in [7, 11) is -1.48. The van der Waals surface area contributed by atoms with E-state index in [1.807, 2.05) is 26.8 Å². The molecule has 1 aromatic rings. The fourth-order valence-corrected chi connectivity index (χ4v) is 3.49. The topological polar surface area (TPSA) is 73.8 Å². The monoisotopic (exact) mass is 514 g/mol. The molecule has 0 radical (unpaired) electrons. The zero-order chi connectivity index (χ0) is 19.8. The van der Waals surface area contributed by atoms with Crippen LogP contribution < -0.4 is 10.6 Å². The van der Waals surface area contributed by atoms with Crippen molar-refractivity contribution in [1.82, 2.24) is 14.9 Å². The number of halogens is 2. The minimum Gasteiger partial charge on any atom is -0.356 e. The third-order valence-electron chi connectivity index (χ3n) is 4.23. The molecule has 1 rings (SSSR count).